The first kappa shape index (κ1) is 44.5. The average Bonchev–Trinajstić information content (AvgIpc) is 0.744. The summed E-state index contributed by atoms with van der Waals surface area (Å²) in [4.78, 5) is 2.43. The summed E-state index contributed by atoms with van der Waals surface area (Å²) < 4.78 is 102. The third-order valence-corrected chi connectivity index (χ3v) is 18.9. The summed E-state index contributed by atoms with van der Waals surface area (Å²) >= 11 is 0. The van der Waals surface area contributed by atoms with Gasteiger partial charge in [0.05, 0.1) is 35.8 Å². The molecular weight excluding hydrogens is 1080 g/mol. The smallest absolute Gasteiger partial charge is 0.247 e. The normalized spacial score (nSPS) is 15.4. The van der Waals surface area contributed by atoms with Crippen LogP contribution in [-0.4, -0.2) is 11.3 Å². The zero-order valence-corrected chi connectivity index (χ0v) is 51.5. The van der Waals surface area contributed by atoms with Crippen LogP contribution in [0.1, 0.15) is 115 Å². The Morgan fingerprint density at radius 1 is 0.382 bits per heavy atom. The van der Waals surface area contributed by atoms with Crippen LogP contribution in [0.5, 0.6) is 11.5 Å². The molecule has 3 nitrogen and oxygen atoms in total. The highest BCUT2D eigenvalue weighted by molar-refractivity contribution is 6.99. The Labute approximate surface area is 538 Å². The summed E-state index contributed by atoms with van der Waals surface area (Å²) in [7, 11) is 0. The standard InChI is InChI=1S/C85H71BN2O/c1-82(2,3)60-40-44-74-66(48-60)67-49-61(83(4,5)6)41-45-75(67)87(74)63-52-71-80-77(53-63)88(81-64(56-30-18-12-19-31-56)50-62(84(7,8)9)51-65(81)57-32-20-13-21-33-57)76-43-39-59(55-28-16-11-17-29-55)47-73(76)86(80)72-46-58(54-26-14-10-15-27-54)38-42-68(72)85(71)69-34-22-24-36-78(69)89-79-37-25-23-35-70(79)85/h10-53H,1-9H3/i10D,11D,14D,15D,16D,17D,26D,27D,28D,29D. The molecule has 0 fully saturated rings. The van der Waals surface area contributed by atoms with Gasteiger partial charge in [0.2, 0.25) is 6.71 Å². The zero-order valence-electron chi connectivity index (χ0n) is 61.5. The van der Waals surface area contributed by atoms with Crippen LogP contribution in [0.3, 0.4) is 0 Å². The predicted molar refractivity (Wildman–Crippen MR) is 376 cm³/mol. The third kappa shape index (κ3) is 8.54. The molecule has 89 heavy (non-hydrogen) atoms. The lowest BCUT2D eigenvalue weighted by Gasteiger charge is -2.50. The van der Waals surface area contributed by atoms with E-state index in [1.807, 2.05) is 66.7 Å². The topological polar surface area (TPSA) is 17.4 Å². The van der Waals surface area contributed by atoms with Gasteiger partial charge in [0, 0.05) is 50.1 Å². The second-order valence-corrected chi connectivity index (χ2v) is 27.3. The molecule has 430 valence electrons. The van der Waals surface area contributed by atoms with E-state index in [9.17, 15) is 5.48 Å². The number of para-hydroxylation sites is 2. The van der Waals surface area contributed by atoms with E-state index in [4.69, 9.17) is 13.0 Å². The molecule has 0 amide bonds. The Morgan fingerprint density at radius 2 is 0.865 bits per heavy atom. The van der Waals surface area contributed by atoms with Crippen molar-refractivity contribution < 1.29 is 18.4 Å². The van der Waals surface area contributed by atoms with E-state index in [1.54, 1.807) is 0 Å². The number of hydrogen-bond acceptors (Lipinski definition) is 2. The summed E-state index contributed by atoms with van der Waals surface area (Å²) in [6.45, 7) is 19.5. The van der Waals surface area contributed by atoms with Gasteiger partial charge in [0.25, 0.3) is 0 Å². The van der Waals surface area contributed by atoms with Crippen molar-refractivity contribution in [2.45, 2.75) is 84.0 Å². The van der Waals surface area contributed by atoms with E-state index in [1.165, 1.54) is 11.1 Å². The average molecular weight is 1160 g/mol. The molecule has 16 rings (SSSR count). The number of rotatable bonds is 6. The van der Waals surface area contributed by atoms with Gasteiger partial charge in [-0.05, 0) is 155 Å². The van der Waals surface area contributed by atoms with E-state index < -0.39 is 48.4 Å². The molecule has 0 saturated carbocycles. The molecule has 4 heteroatoms. The van der Waals surface area contributed by atoms with Gasteiger partial charge in [0.1, 0.15) is 11.5 Å². The first-order valence-corrected chi connectivity index (χ1v) is 30.9. The number of fused-ring (bicyclic) bond motifs is 13. The third-order valence-electron chi connectivity index (χ3n) is 18.9. The minimum atomic E-state index is -1.23. The number of hydrogen-bond donors (Lipinski definition) is 0. The molecule has 3 aliphatic heterocycles. The van der Waals surface area contributed by atoms with E-state index in [0.717, 1.165) is 111 Å². The van der Waals surface area contributed by atoms with Crippen molar-refractivity contribution in [1.82, 2.24) is 4.57 Å². The van der Waals surface area contributed by atoms with Crippen LogP contribution in [0, 0.1) is 0 Å². The fraction of sp³-hybridized carbons (Fsp3) is 0.153. The first-order chi connectivity index (χ1) is 47.2. The van der Waals surface area contributed by atoms with E-state index in [2.05, 4.69) is 211 Å². The quantitative estimate of drug-likeness (QED) is 0.154. The van der Waals surface area contributed by atoms with Crippen molar-refractivity contribution in [3.8, 4) is 61.7 Å². The van der Waals surface area contributed by atoms with Crippen molar-refractivity contribution in [1.29, 1.82) is 0 Å². The lowest BCUT2D eigenvalue weighted by Crippen LogP contribution is -2.65. The van der Waals surface area contributed by atoms with Crippen LogP contribution in [0.25, 0.3) is 72.0 Å². The lowest BCUT2D eigenvalue weighted by molar-refractivity contribution is 0.435. The van der Waals surface area contributed by atoms with Crippen molar-refractivity contribution in [3.05, 3.63) is 306 Å². The zero-order chi connectivity index (χ0) is 69.4. The molecule has 0 saturated heterocycles. The molecule has 3 aliphatic rings. The molecule has 0 atom stereocenters. The Hall–Kier alpha value is -9.90. The summed E-state index contributed by atoms with van der Waals surface area (Å²) in [5.74, 6) is 1.28. The Kier molecular flexibility index (Phi) is 10.0. The Balaban J connectivity index is 1.16. The number of ether oxygens (including phenoxy) is 1. The van der Waals surface area contributed by atoms with Crippen molar-refractivity contribution in [2.24, 2.45) is 0 Å². The number of nitrogens with zero attached hydrogens (tertiary/aromatic N) is 2. The van der Waals surface area contributed by atoms with Gasteiger partial charge in [-0.2, -0.15) is 0 Å². The molecule has 0 aliphatic carbocycles. The minimum absolute atomic E-state index is 0.0458. The number of aromatic nitrogens is 1. The highest BCUT2D eigenvalue weighted by Crippen LogP contribution is 2.59. The van der Waals surface area contributed by atoms with Crippen LogP contribution in [0.2, 0.25) is 0 Å². The maximum Gasteiger partial charge on any atom is 0.247 e. The molecular formula is C85H71BN2O. The van der Waals surface area contributed by atoms with Gasteiger partial charge in [0.15, 0.2) is 0 Å². The van der Waals surface area contributed by atoms with Crippen molar-refractivity contribution >= 4 is 62.0 Å². The van der Waals surface area contributed by atoms with Gasteiger partial charge in [-0.1, -0.05) is 268 Å². The molecule has 13 aromatic rings. The fourth-order valence-electron chi connectivity index (χ4n) is 14.6. The SMILES string of the molecule is [2H]c1c([2H])c([2H])c(-c2ccc3c(c2)B2c4cc(-c5c([2H])c([2H])c([2H])c([2H])c5[2H])ccc4C4(c5ccccc5Oc5ccccc54)c4cc(-n5c6ccc(C(C)(C)C)cc6c6cc(C(C)(C)C)ccc65)cc(c42)N3c2c(-c3ccccc3)cc(C(C)(C)C)cc2-c2ccccc2)c([2H])c1[2H]. The second kappa shape index (κ2) is 20.1. The van der Waals surface area contributed by atoms with Crippen LogP contribution >= 0.6 is 0 Å². The molecule has 1 aromatic heterocycles. The van der Waals surface area contributed by atoms with E-state index >= 15 is 0 Å². The van der Waals surface area contributed by atoms with Crippen LogP contribution in [0.15, 0.2) is 267 Å². The molecule has 4 heterocycles. The summed E-state index contributed by atoms with van der Waals surface area (Å²) in [6, 6.07) is 68.5. The largest absolute Gasteiger partial charge is 0.457 e. The molecule has 0 unspecified atom stereocenters. The van der Waals surface area contributed by atoms with Crippen LogP contribution < -0.4 is 26.0 Å². The maximum atomic E-state index is 9.57. The molecule has 0 N–H and O–H groups in total. The molecule has 12 aromatic carbocycles. The molecule has 0 bridgehead atoms. The fourth-order valence-corrected chi connectivity index (χ4v) is 14.6. The molecule has 0 radical (unpaired) electrons. The first-order valence-electron chi connectivity index (χ1n) is 35.9. The van der Waals surface area contributed by atoms with Gasteiger partial charge >= 0.3 is 0 Å². The predicted octanol–water partition coefficient (Wildman–Crippen LogP) is 20.4. The van der Waals surface area contributed by atoms with Crippen LogP contribution in [-0.2, 0) is 21.7 Å². The summed E-state index contributed by atoms with van der Waals surface area (Å²) in [5, 5.41) is 2.24. The number of anilines is 3. The van der Waals surface area contributed by atoms with E-state index in [-0.39, 0.29) is 51.5 Å². The summed E-state index contributed by atoms with van der Waals surface area (Å²) in [5.41, 5.74) is 17.7. The van der Waals surface area contributed by atoms with Gasteiger partial charge in [-0.3, -0.25) is 0 Å². The number of benzene rings is 12. The van der Waals surface area contributed by atoms with E-state index in [0.29, 0.717) is 22.6 Å². The van der Waals surface area contributed by atoms with Gasteiger partial charge < -0.3 is 14.2 Å². The highest BCUT2D eigenvalue weighted by Gasteiger charge is 2.55. The minimum Gasteiger partial charge on any atom is -0.457 e. The van der Waals surface area contributed by atoms with Gasteiger partial charge in [-0.25, -0.2) is 0 Å². The van der Waals surface area contributed by atoms with Crippen molar-refractivity contribution in [3.63, 3.8) is 0 Å². The van der Waals surface area contributed by atoms with Crippen LogP contribution in [0.4, 0.5) is 17.1 Å². The lowest BCUT2D eigenvalue weighted by atomic mass is 9.29. The highest BCUT2D eigenvalue weighted by atomic mass is 16.5. The Bertz CT molecular complexity index is 5390. The molecule has 1 spiro atoms. The maximum absolute atomic E-state index is 9.57. The Morgan fingerprint density at radius 3 is 1.38 bits per heavy atom. The van der Waals surface area contributed by atoms with Gasteiger partial charge in [-0.15, -0.1) is 0 Å². The summed E-state index contributed by atoms with van der Waals surface area (Å²) in [6.07, 6.45) is 0. The van der Waals surface area contributed by atoms with Crippen molar-refractivity contribution in [2.75, 3.05) is 4.90 Å². The second-order valence-electron chi connectivity index (χ2n) is 27.3. The monoisotopic (exact) mass is 1160 g/mol.